The van der Waals surface area contributed by atoms with Gasteiger partial charge >= 0.3 is 5.63 Å². The molecule has 0 spiro atoms. The van der Waals surface area contributed by atoms with Crippen molar-refractivity contribution in [3.05, 3.63) is 63.2 Å². The minimum atomic E-state index is -0.429. The molecule has 0 bridgehead atoms. The van der Waals surface area contributed by atoms with Crippen LogP contribution in [0.3, 0.4) is 0 Å². The molecule has 4 aromatic rings. The Balaban J connectivity index is 1.37. The molecule has 1 amide bonds. The van der Waals surface area contributed by atoms with Crippen LogP contribution in [0.1, 0.15) is 28.9 Å². The topological polar surface area (TPSA) is 90.9 Å². The van der Waals surface area contributed by atoms with Crippen molar-refractivity contribution in [2.24, 2.45) is 0 Å². The summed E-state index contributed by atoms with van der Waals surface area (Å²) in [6.07, 6.45) is 0.430. The average molecular weight is 433 g/mol. The normalized spacial score (nSPS) is 13.0. The van der Waals surface area contributed by atoms with E-state index in [2.05, 4.69) is 5.32 Å². The molecule has 164 valence electrons. The van der Waals surface area contributed by atoms with Gasteiger partial charge in [-0.15, -0.1) is 0 Å². The lowest BCUT2D eigenvalue weighted by atomic mass is 10.0. The SMILES string of the molecule is Cc1oc2cc3oc(=O)c(CCC(=O)Nc4ccc5c(c4)OCCO5)c(C)c3cc2c1C. The Morgan fingerprint density at radius 2 is 1.62 bits per heavy atom. The smallest absolute Gasteiger partial charge is 0.339 e. The van der Waals surface area contributed by atoms with Gasteiger partial charge in [-0.05, 0) is 56.5 Å². The van der Waals surface area contributed by atoms with Crippen molar-refractivity contribution in [2.75, 3.05) is 18.5 Å². The number of ether oxygens (including phenoxy) is 2. The van der Waals surface area contributed by atoms with E-state index in [1.807, 2.05) is 26.8 Å². The Morgan fingerprint density at radius 1 is 0.906 bits per heavy atom. The molecule has 0 atom stereocenters. The van der Waals surface area contributed by atoms with Gasteiger partial charge in [-0.2, -0.15) is 0 Å². The van der Waals surface area contributed by atoms with E-state index in [0.717, 1.165) is 27.7 Å². The number of anilines is 1. The molecular weight excluding hydrogens is 410 g/mol. The van der Waals surface area contributed by atoms with Crippen LogP contribution in [0.2, 0.25) is 0 Å². The predicted molar refractivity (Wildman–Crippen MR) is 121 cm³/mol. The third-order valence-corrected chi connectivity index (χ3v) is 6.01. The van der Waals surface area contributed by atoms with Gasteiger partial charge < -0.3 is 23.6 Å². The number of nitrogens with one attached hydrogen (secondary N) is 1. The minimum Gasteiger partial charge on any atom is -0.486 e. The Morgan fingerprint density at radius 3 is 2.44 bits per heavy atom. The van der Waals surface area contributed by atoms with Gasteiger partial charge in [0, 0.05) is 40.6 Å². The second-order valence-electron chi connectivity index (χ2n) is 8.03. The van der Waals surface area contributed by atoms with E-state index in [-0.39, 0.29) is 18.7 Å². The first kappa shape index (κ1) is 20.2. The summed E-state index contributed by atoms with van der Waals surface area (Å²) >= 11 is 0. The van der Waals surface area contributed by atoms with E-state index in [0.29, 0.717) is 47.1 Å². The quantitative estimate of drug-likeness (QED) is 0.465. The maximum atomic E-state index is 12.6. The van der Waals surface area contributed by atoms with E-state index in [9.17, 15) is 9.59 Å². The molecule has 0 saturated carbocycles. The number of furan rings is 1. The Labute approximate surface area is 183 Å². The van der Waals surface area contributed by atoms with Gasteiger partial charge in [-0.1, -0.05) is 0 Å². The second kappa shape index (κ2) is 7.75. The highest BCUT2D eigenvalue weighted by molar-refractivity contribution is 5.97. The van der Waals surface area contributed by atoms with Gasteiger partial charge in [0.05, 0.1) is 0 Å². The van der Waals surface area contributed by atoms with Gasteiger partial charge in [-0.25, -0.2) is 4.79 Å². The molecule has 1 N–H and O–H groups in total. The molecular formula is C25H23NO6. The Bertz CT molecular complexity index is 1430. The summed E-state index contributed by atoms with van der Waals surface area (Å²) in [7, 11) is 0. The lowest BCUT2D eigenvalue weighted by Crippen LogP contribution is -2.18. The van der Waals surface area contributed by atoms with Crippen molar-refractivity contribution in [3.63, 3.8) is 0 Å². The fraction of sp³-hybridized carbons (Fsp3) is 0.280. The first-order valence-corrected chi connectivity index (χ1v) is 10.6. The third kappa shape index (κ3) is 3.49. The molecule has 7 heteroatoms. The average Bonchev–Trinajstić information content (AvgIpc) is 3.05. The molecule has 5 rings (SSSR count). The van der Waals surface area contributed by atoms with Crippen LogP contribution in [-0.2, 0) is 11.2 Å². The number of rotatable bonds is 4. The second-order valence-corrected chi connectivity index (χ2v) is 8.03. The fourth-order valence-corrected chi connectivity index (χ4v) is 4.10. The number of hydrogen-bond acceptors (Lipinski definition) is 6. The summed E-state index contributed by atoms with van der Waals surface area (Å²) in [5, 5.41) is 4.70. The Hall–Kier alpha value is -3.74. The number of fused-ring (bicyclic) bond motifs is 3. The summed E-state index contributed by atoms with van der Waals surface area (Å²) in [6.45, 7) is 6.80. The number of aryl methyl sites for hydroxylation is 3. The van der Waals surface area contributed by atoms with Crippen LogP contribution in [0.15, 0.2) is 44.0 Å². The van der Waals surface area contributed by atoms with E-state index in [1.165, 1.54) is 0 Å². The minimum absolute atomic E-state index is 0.150. The van der Waals surface area contributed by atoms with Crippen LogP contribution < -0.4 is 20.4 Å². The fourth-order valence-electron chi connectivity index (χ4n) is 4.10. The molecule has 0 saturated heterocycles. The van der Waals surface area contributed by atoms with E-state index in [4.69, 9.17) is 18.3 Å². The van der Waals surface area contributed by atoms with Crippen molar-refractivity contribution in [1.29, 1.82) is 0 Å². The molecule has 0 fully saturated rings. The van der Waals surface area contributed by atoms with Crippen LogP contribution >= 0.6 is 0 Å². The first-order valence-electron chi connectivity index (χ1n) is 10.6. The van der Waals surface area contributed by atoms with E-state index >= 15 is 0 Å². The van der Waals surface area contributed by atoms with Crippen molar-refractivity contribution in [2.45, 2.75) is 33.6 Å². The van der Waals surface area contributed by atoms with Crippen molar-refractivity contribution >= 4 is 33.5 Å². The van der Waals surface area contributed by atoms with Gasteiger partial charge in [0.15, 0.2) is 11.5 Å². The van der Waals surface area contributed by atoms with Crippen LogP contribution in [-0.4, -0.2) is 19.1 Å². The highest BCUT2D eigenvalue weighted by Crippen LogP contribution is 2.33. The standard InChI is InChI=1S/C25H23NO6/c1-13-15(3)31-21-12-22-19(11-18(13)21)14(2)17(25(28)32-22)5-7-24(27)26-16-4-6-20-23(10-16)30-9-8-29-20/h4,6,10-12H,5,7-9H2,1-3H3,(H,26,27). The van der Waals surface area contributed by atoms with Gasteiger partial charge in [0.1, 0.15) is 30.1 Å². The molecule has 1 aliphatic rings. The summed E-state index contributed by atoms with van der Waals surface area (Å²) in [6, 6.07) is 9.03. The summed E-state index contributed by atoms with van der Waals surface area (Å²) in [5.74, 6) is 1.91. The zero-order valence-corrected chi connectivity index (χ0v) is 18.2. The van der Waals surface area contributed by atoms with E-state index < -0.39 is 5.63 Å². The number of hydrogen-bond donors (Lipinski definition) is 1. The largest absolute Gasteiger partial charge is 0.486 e. The summed E-state index contributed by atoms with van der Waals surface area (Å²) < 4.78 is 22.4. The van der Waals surface area contributed by atoms with Crippen LogP contribution in [0.25, 0.3) is 21.9 Å². The maximum Gasteiger partial charge on any atom is 0.339 e. The molecule has 3 heterocycles. The number of carbonyl (C=O) groups excluding carboxylic acids is 1. The molecule has 7 nitrogen and oxygen atoms in total. The highest BCUT2D eigenvalue weighted by Gasteiger charge is 2.17. The zero-order chi connectivity index (χ0) is 22.4. The Kier molecular flexibility index (Phi) is 4.89. The first-order chi connectivity index (χ1) is 15.4. The number of benzene rings is 2. The highest BCUT2D eigenvalue weighted by atomic mass is 16.6. The number of carbonyl (C=O) groups is 1. The lowest BCUT2D eigenvalue weighted by molar-refractivity contribution is -0.116. The molecule has 0 unspecified atom stereocenters. The van der Waals surface area contributed by atoms with Gasteiger partial charge in [0.25, 0.3) is 0 Å². The van der Waals surface area contributed by atoms with E-state index in [1.54, 1.807) is 24.3 Å². The van der Waals surface area contributed by atoms with Gasteiger partial charge in [-0.3, -0.25) is 4.79 Å². The van der Waals surface area contributed by atoms with Crippen molar-refractivity contribution in [3.8, 4) is 11.5 Å². The lowest BCUT2D eigenvalue weighted by Gasteiger charge is -2.19. The van der Waals surface area contributed by atoms with Crippen molar-refractivity contribution < 1.29 is 23.1 Å². The molecule has 1 aliphatic heterocycles. The van der Waals surface area contributed by atoms with Gasteiger partial charge in [0.2, 0.25) is 5.91 Å². The monoisotopic (exact) mass is 433 g/mol. The van der Waals surface area contributed by atoms with Crippen LogP contribution in [0.4, 0.5) is 5.69 Å². The summed E-state index contributed by atoms with van der Waals surface area (Å²) in [5.41, 5.74) is 3.76. The molecule has 2 aromatic heterocycles. The maximum absolute atomic E-state index is 12.6. The van der Waals surface area contributed by atoms with Crippen LogP contribution in [0.5, 0.6) is 11.5 Å². The number of amides is 1. The van der Waals surface area contributed by atoms with Crippen LogP contribution in [0, 0.1) is 20.8 Å². The predicted octanol–water partition coefficient (Wildman–Crippen LogP) is 4.81. The zero-order valence-electron chi connectivity index (χ0n) is 18.2. The molecule has 0 radical (unpaired) electrons. The molecule has 32 heavy (non-hydrogen) atoms. The molecule has 2 aromatic carbocycles. The molecule has 0 aliphatic carbocycles. The summed E-state index contributed by atoms with van der Waals surface area (Å²) in [4.78, 5) is 25.2. The third-order valence-electron chi connectivity index (χ3n) is 6.01. The van der Waals surface area contributed by atoms with Crippen molar-refractivity contribution in [1.82, 2.24) is 0 Å².